The Kier molecular flexibility index (Phi) is 3.09. The number of phenolic OH excluding ortho intramolecular Hbond substituents is 2. The van der Waals surface area contributed by atoms with Gasteiger partial charge in [0.2, 0.25) is 0 Å². The van der Waals surface area contributed by atoms with Crippen LogP contribution in [-0.2, 0) is 6.42 Å². The Morgan fingerprint density at radius 2 is 2.00 bits per heavy atom. The maximum absolute atomic E-state index is 11.2. The number of ketones is 1. The Labute approximate surface area is 82.0 Å². The molecule has 0 atom stereocenters. The van der Waals surface area contributed by atoms with E-state index in [9.17, 15) is 15.0 Å². The van der Waals surface area contributed by atoms with Crippen molar-refractivity contribution in [1.29, 1.82) is 0 Å². The lowest BCUT2D eigenvalue weighted by Gasteiger charge is -2.06. The third-order valence-electron chi connectivity index (χ3n) is 2.06. The number of rotatable bonds is 3. The molecule has 0 saturated carbocycles. The predicted octanol–water partition coefficient (Wildman–Crippen LogP) is 0.802. The molecule has 0 fully saturated rings. The zero-order valence-electron chi connectivity index (χ0n) is 7.95. The van der Waals surface area contributed by atoms with Crippen molar-refractivity contribution in [3.05, 3.63) is 23.3 Å². The summed E-state index contributed by atoms with van der Waals surface area (Å²) in [5, 5.41) is 18.7. The summed E-state index contributed by atoms with van der Waals surface area (Å²) >= 11 is 0. The number of benzene rings is 1. The summed E-state index contributed by atoms with van der Waals surface area (Å²) in [5.74, 6) is -0.564. The molecule has 4 nitrogen and oxygen atoms in total. The van der Waals surface area contributed by atoms with Gasteiger partial charge in [-0.2, -0.15) is 0 Å². The van der Waals surface area contributed by atoms with Crippen molar-refractivity contribution in [3.63, 3.8) is 0 Å². The third kappa shape index (κ3) is 1.85. The van der Waals surface area contributed by atoms with Crippen molar-refractivity contribution < 1.29 is 15.0 Å². The highest BCUT2D eigenvalue weighted by Crippen LogP contribution is 2.27. The van der Waals surface area contributed by atoms with E-state index in [4.69, 9.17) is 5.73 Å². The van der Waals surface area contributed by atoms with E-state index in [2.05, 4.69) is 0 Å². The van der Waals surface area contributed by atoms with Gasteiger partial charge in [-0.05, 0) is 18.1 Å². The minimum atomic E-state index is -0.336. The van der Waals surface area contributed by atoms with Crippen molar-refractivity contribution in [2.75, 3.05) is 6.54 Å². The largest absolute Gasteiger partial charge is 0.508 e. The highest BCUT2D eigenvalue weighted by molar-refractivity contribution is 6.00. The second-order valence-electron chi connectivity index (χ2n) is 2.98. The van der Waals surface area contributed by atoms with Crippen LogP contribution < -0.4 is 5.73 Å². The van der Waals surface area contributed by atoms with E-state index in [-0.39, 0.29) is 29.4 Å². The Bertz CT molecular complexity index is 361. The first kappa shape index (κ1) is 10.5. The van der Waals surface area contributed by atoms with Crippen LogP contribution in [0.4, 0.5) is 0 Å². The van der Waals surface area contributed by atoms with E-state index >= 15 is 0 Å². The van der Waals surface area contributed by atoms with Crippen LogP contribution in [-0.4, -0.2) is 22.5 Å². The Balaban J connectivity index is 3.24. The molecule has 0 heterocycles. The molecule has 1 aromatic carbocycles. The van der Waals surface area contributed by atoms with Crippen LogP contribution in [0.1, 0.15) is 22.8 Å². The zero-order valence-corrected chi connectivity index (χ0v) is 7.95. The number of aryl methyl sites for hydroxylation is 1. The predicted molar refractivity (Wildman–Crippen MR) is 52.5 cm³/mol. The molecule has 0 aliphatic rings. The Morgan fingerprint density at radius 3 is 2.50 bits per heavy atom. The lowest BCUT2D eigenvalue weighted by Crippen LogP contribution is -2.13. The normalized spacial score (nSPS) is 10.1. The molecule has 0 aliphatic heterocycles. The fraction of sp³-hybridized carbons (Fsp3) is 0.300. The van der Waals surface area contributed by atoms with Crippen LogP contribution in [0.25, 0.3) is 0 Å². The highest BCUT2D eigenvalue weighted by Gasteiger charge is 2.12. The molecule has 1 aromatic rings. The van der Waals surface area contributed by atoms with Gasteiger partial charge in [-0.25, -0.2) is 0 Å². The van der Waals surface area contributed by atoms with Crippen LogP contribution in [0, 0.1) is 0 Å². The molecule has 4 N–H and O–H groups in total. The molecule has 0 bridgehead atoms. The molecule has 0 unspecified atom stereocenters. The maximum atomic E-state index is 11.2. The quantitative estimate of drug-likeness (QED) is 0.623. The standard InChI is InChI=1S/C10H13NO3/c1-2-6-3-7(10(14)5-11)9(13)4-8(6)12/h3-4,12-13H,2,5,11H2,1H3. The molecule has 0 spiro atoms. The van der Waals surface area contributed by atoms with E-state index in [1.54, 1.807) is 0 Å². The Morgan fingerprint density at radius 1 is 1.36 bits per heavy atom. The Hall–Kier alpha value is -1.55. The molecule has 14 heavy (non-hydrogen) atoms. The van der Waals surface area contributed by atoms with Crippen LogP contribution in [0.2, 0.25) is 0 Å². The van der Waals surface area contributed by atoms with Crippen LogP contribution in [0.3, 0.4) is 0 Å². The van der Waals surface area contributed by atoms with Crippen molar-refractivity contribution in [2.45, 2.75) is 13.3 Å². The van der Waals surface area contributed by atoms with Gasteiger partial charge in [-0.1, -0.05) is 6.92 Å². The van der Waals surface area contributed by atoms with Crippen LogP contribution in [0.15, 0.2) is 12.1 Å². The summed E-state index contributed by atoms with van der Waals surface area (Å²) in [4.78, 5) is 11.2. The summed E-state index contributed by atoms with van der Waals surface area (Å²) in [7, 11) is 0. The van der Waals surface area contributed by atoms with Crippen molar-refractivity contribution >= 4 is 5.78 Å². The van der Waals surface area contributed by atoms with E-state index in [0.717, 1.165) is 0 Å². The van der Waals surface area contributed by atoms with E-state index in [1.165, 1.54) is 12.1 Å². The summed E-state index contributed by atoms with van der Waals surface area (Å²) in [6, 6.07) is 2.64. The minimum Gasteiger partial charge on any atom is -0.508 e. The summed E-state index contributed by atoms with van der Waals surface area (Å²) in [6.07, 6.45) is 0.594. The fourth-order valence-electron chi connectivity index (χ4n) is 1.24. The maximum Gasteiger partial charge on any atom is 0.180 e. The van der Waals surface area contributed by atoms with Crippen molar-refractivity contribution in [2.24, 2.45) is 5.73 Å². The second kappa shape index (κ2) is 4.11. The van der Waals surface area contributed by atoms with Crippen LogP contribution >= 0.6 is 0 Å². The molecule has 0 aromatic heterocycles. The first-order valence-electron chi connectivity index (χ1n) is 4.38. The number of Topliss-reactive ketones (excluding diaryl/α,β-unsaturated/α-hetero) is 1. The molecule has 0 aliphatic carbocycles. The molecule has 0 amide bonds. The minimum absolute atomic E-state index is 0.00132. The summed E-state index contributed by atoms with van der Waals surface area (Å²) in [5.41, 5.74) is 5.97. The second-order valence-corrected chi connectivity index (χ2v) is 2.98. The average Bonchev–Trinajstić information content (AvgIpc) is 2.17. The van der Waals surface area contributed by atoms with Gasteiger partial charge in [0.05, 0.1) is 12.1 Å². The monoisotopic (exact) mass is 195 g/mol. The molecule has 0 radical (unpaired) electrons. The van der Waals surface area contributed by atoms with Gasteiger partial charge in [0.25, 0.3) is 0 Å². The van der Waals surface area contributed by atoms with Crippen molar-refractivity contribution in [1.82, 2.24) is 0 Å². The van der Waals surface area contributed by atoms with E-state index in [0.29, 0.717) is 12.0 Å². The fourth-order valence-corrected chi connectivity index (χ4v) is 1.24. The van der Waals surface area contributed by atoms with Crippen molar-refractivity contribution in [3.8, 4) is 11.5 Å². The molecule has 1 rings (SSSR count). The van der Waals surface area contributed by atoms with Gasteiger partial charge in [0.15, 0.2) is 5.78 Å². The van der Waals surface area contributed by atoms with E-state index < -0.39 is 0 Å². The number of hydrogen-bond acceptors (Lipinski definition) is 4. The first-order valence-corrected chi connectivity index (χ1v) is 4.38. The summed E-state index contributed by atoms with van der Waals surface area (Å²) < 4.78 is 0. The number of nitrogens with two attached hydrogens (primary N) is 1. The summed E-state index contributed by atoms with van der Waals surface area (Å²) in [6.45, 7) is 1.70. The smallest absolute Gasteiger partial charge is 0.180 e. The molecule has 76 valence electrons. The third-order valence-corrected chi connectivity index (χ3v) is 2.06. The average molecular weight is 195 g/mol. The van der Waals surface area contributed by atoms with Gasteiger partial charge in [0, 0.05) is 6.07 Å². The highest BCUT2D eigenvalue weighted by atomic mass is 16.3. The van der Waals surface area contributed by atoms with Gasteiger partial charge in [-0.15, -0.1) is 0 Å². The van der Waals surface area contributed by atoms with Gasteiger partial charge in [-0.3, -0.25) is 4.79 Å². The molecular formula is C10H13NO3. The van der Waals surface area contributed by atoms with Crippen LogP contribution in [0.5, 0.6) is 11.5 Å². The number of carbonyl (C=O) groups excluding carboxylic acids is 1. The number of phenols is 2. The first-order chi connectivity index (χ1) is 6.60. The molecule has 0 saturated heterocycles. The SMILES string of the molecule is CCc1cc(C(=O)CN)c(O)cc1O. The number of hydrogen-bond donors (Lipinski definition) is 3. The lowest BCUT2D eigenvalue weighted by molar-refractivity contribution is 0.0998. The van der Waals surface area contributed by atoms with Gasteiger partial charge >= 0.3 is 0 Å². The zero-order chi connectivity index (χ0) is 10.7. The molecule has 4 heteroatoms. The van der Waals surface area contributed by atoms with Gasteiger partial charge in [0.1, 0.15) is 11.5 Å². The molecular weight excluding hydrogens is 182 g/mol. The number of carbonyl (C=O) groups is 1. The lowest BCUT2D eigenvalue weighted by atomic mass is 10.0. The topological polar surface area (TPSA) is 83.6 Å². The van der Waals surface area contributed by atoms with E-state index in [1.807, 2.05) is 6.92 Å². The number of aromatic hydroxyl groups is 2. The van der Waals surface area contributed by atoms with Gasteiger partial charge < -0.3 is 15.9 Å².